The molecule has 0 atom stereocenters. The lowest BCUT2D eigenvalue weighted by molar-refractivity contribution is 0.794. The summed E-state index contributed by atoms with van der Waals surface area (Å²) in [4.78, 5) is 10.5. The molecule has 0 amide bonds. The first-order valence-electron chi connectivity index (χ1n) is 17.6. The topological polar surface area (TPSA) is 25.8 Å². The summed E-state index contributed by atoms with van der Waals surface area (Å²) in [7, 11) is 0. The quantitative estimate of drug-likeness (QED) is 0.179. The SMILES string of the molecule is c1ccc(-c2ccnc3c2ccc2c(-c4ccccc4)cc(-c4ccc5c(c4)C4(c6ccccc6-c6ccccc64)c4ccccc4-5)nc23)cc1. The van der Waals surface area contributed by atoms with E-state index in [0.717, 1.165) is 49.8 Å². The summed E-state index contributed by atoms with van der Waals surface area (Å²) in [6.07, 6.45) is 1.92. The van der Waals surface area contributed by atoms with Gasteiger partial charge in [0.1, 0.15) is 0 Å². The van der Waals surface area contributed by atoms with Gasteiger partial charge in [-0.3, -0.25) is 4.98 Å². The van der Waals surface area contributed by atoms with Gasteiger partial charge in [-0.25, -0.2) is 4.98 Å². The number of hydrogen-bond donors (Lipinski definition) is 0. The van der Waals surface area contributed by atoms with E-state index in [1.54, 1.807) is 0 Å². The molecule has 0 N–H and O–H groups in total. The molecule has 0 radical (unpaired) electrons. The highest BCUT2D eigenvalue weighted by Gasteiger charge is 2.51. The van der Waals surface area contributed by atoms with E-state index in [-0.39, 0.29) is 0 Å². The maximum absolute atomic E-state index is 5.51. The van der Waals surface area contributed by atoms with Gasteiger partial charge in [0.25, 0.3) is 0 Å². The van der Waals surface area contributed by atoms with Gasteiger partial charge >= 0.3 is 0 Å². The summed E-state index contributed by atoms with van der Waals surface area (Å²) < 4.78 is 0. The van der Waals surface area contributed by atoms with E-state index < -0.39 is 5.41 Å². The average molecular weight is 647 g/mol. The van der Waals surface area contributed by atoms with Crippen molar-refractivity contribution < 1.29 is 0 Å². The van der Waals surface area contributed by atoms with Gasteiger partial charge in [0.2, 0.25) is 0 Å². The summed E-state index contributed by atoms with van der Waals surface area (Å²) in [5.41, 5.74) is 18.6. The molecule has 0 unspecified atom stereocenters. The van der Waals surface area contributed by atoms with Crippen molar-refractivity contribution in [2.24, 2.45) is 0 Å². The third kappa shape index (κ3) is 3.87. The zero-order valence-electron chi connectivity index (χ0n) is 27.7. The van der Waals surface area contributed by atoms with E-state index in [4.69, 9.17) is 9.97 Å². The Hall–Kier alpha value is -6.64. The van der Waals surface area contributed by atoms with Gasteiger partial charge in [0, 0.05) is 22.5 Å². The van der Waals surface area contributed by atoms with E-state index in [0.29, 0.717) is 0 Å². The molecule has 0 saturated heterocycles. The molecule has 7 aromatic carbocycles. The summed E-state index contributed by atoms with van der Waals surface area (Å²) in [5.74, 6) is 0. The molecular formula is C49H30N2. The molecule has 0 bridgehead atoms. The largest absolute Gasteiger partial charge is 0.254 e. The fourth-order valence-electron chi connectivity index (χ4n) is 9.03. The van der Waals surface area contributed by atoms with Crippen molar-refractivity contribution in [1.29, 1.82) is 0 Å². The molecule has 2 nitrogen and oxygen atoms in total. The molecule has 11 rings (SSSR count). The monoisotopic (exact) mass is 646 g/mol. The Bertz CT molecular complexity index is 2790. The molecule has 0 saturated carbocycles. The Balaban J connectivity index is 1.21. The van der Waals surface area contributed by atoms with Crippen LogP contribution >= 0.6 is 0 Å². The first-order valence-corrected chi connectivity index (χ1v) is 17.6. The van der Waals surface area contributed by atoms with Gasteiger partial charge in [-0.2, -0.15) is 0 Å². The highest BCUT2D eigenvalue weighted by Crippen LogP contribution is 2.63. The molecule has 2 heterocycles. The maximum atomic E-state index is 5.51. The van der Waals surface area contributed by atoms with E-state index >= 15 is 0 Å². The van der Waals surface area contributed by atoms with Gasteiger partial charge in [-0.15, -0.1) is 0 Å². The molecule has 0 aliphatic heterocycles. The second-order valence-electron chi connectivity index (χ2n) is 13.7. The first-order chi connectivity index (χ1) is 25.3. The number of benzene rings is 7. The van der Waals surface area contributed by atoms with Crippen LogP contribution in [-0.4, -0.2) is 9.97 Å². The van der Waals surface area contributed by atoms with Crippen LogP contribution in [0.2, 0.25) is 0 Å². The maximum Gasteiger partial charge on any atom is 0.0978 e. The second-order valence-corrected chi connectivity index (χ2v) is 13.7. The first kappa shape index (κ1) is 28.2. The van der Waals surface area contributed by atoms with Crippen molar-refractivity contribution in [2.75, 3.05) is 0 Å². The van der Waals surface area contributed by atoms with Crippen LogP contribution < -0.4 is 0 Å². The predicted molar refractivity (Wildman–Crippen MR) is 210 cm³/mol. The molecule has 0 fully saturated rings. The van der Waals surface area contributed by atoms with Crippen LogP contribution in [0, 0.1) is 0 Å². The molecule has 1 spiro atoms. The summed E-state index contributed by atoms with van der Waals surface area (Å²) in [6, 6.07) is 64.0. The number of pyridine rings is 2. The molecule has 2 aromatic heterocycles. The lowest BCUT2D eigenvalue weighted by atomic mass is 9.70. The van der Waals surface area contributed by atoms with E-state index in [9.17, 15) is 0 Å². The van der Waals surface area contributed by atoms with Crippen molar-refractivity contribution >= 4 is 21.8 Å². The van der Waals surface area contributed by atoms with E-state index in [2.05, 4.69) is 176 Å². The number of fused-ring (bicyclic) bond motifs is 13. The van der Waals surface area contributed by atoms with E-state index in [1.165, 1.54) is 50.1 Å². The number of rotatable bonds is 3. The molecule has 51 heavy (non-hydrogen) atoms. The normalized spacial score (nSPS) is 13.3. The van der Waals surface area contributed by atoms with Crippen LogP contribution in [-0.2, 0) is 5.41 Å². The Morgan fingerprint density at radius 3 is 1.45 bits per heavy atom. The summed E-state index contributed by atoms with van der Waals surface area (Å²) in [6.45, 7) is 0. The minimum absolute atomic E-state index is 0.410. The Kier molecular flexibility index (Phi) is 5.91. The number of hydrogen-bond acceptors (Lipinski definition) is 2. The van der Waals surface area contributed by atoms with Crippen molar-refractivity contribution in [2.45, 2.75) is 5.41 Å². The van der Waals surface area contributed by atoms with Crippen LogP contribution in [0.15, 0.2) is 182 Å². The Labute approximate surface area is 296 Å². The fourth-order valence-corrected chi connectivity index (χ4v) is 9.03. The highest BCUT2D eigenvalue weighted by molar-refractivity contribution is 6.12. The molecule has 2 heteroatoms. The molecule has 2 aliphatic rings. The van der Waals surface area contributed by atoms with Crippen molar-refractivity contribution in [3.63, 3.8) is 0 Å². The van der Waals surface area contributed by atoms with Crippen LogP contribution in [0.25, 0.3) is 77.6 Å². The number of aromatic nitrogens is 2. The van der Waals surface area contributed by atoms with Gasteiger partial charge in [-0.05, 0) is 85.0 Å². The summed E-state index contributed by atoms with van der Waals surface area (Å²) in [5, 5.41) is 2.20. The predicted octanol–water partition coefficient (Wildman–Crippen LogP) is 12.1. The smallest absolute Gasteiger partial charge is 0.0978 e. The van der Waals surface area contributed by atoms with Gasteiger partial charge in [-0.1, -0.05) is 158 Å². The molecule has 236 valence electrons. The van der Waals surface area contributed by atoms with Crippen molar-refractivity contribution in [1.82, 2.24) is 9.97 Å². The van der Waals surface area contributed by atoms with Crippen molar-refractivity contribution in [3.8, 4) is 55.8 Å². The molecule has 9 aromatic rings. The molecular weight excluding hydrogens is 617 g/mol. The number of nitrogens with zero attached hydrogens (tertiary/aromatic N) is 2. The standard InChI is InChI=1S/C49H30N2/c1-3-13-31(14-4-1)34-27-28-50-47-39(34)25-26-40-41(32-15-5-2-6-16-32)30-46(51-48(40)47)33-23-24-38-37-19-9-12-22-44(37)49(45(38)29-33)42-20-10-7-17-35(42)36-18-8-11-21-43(36)49/h1-30H. The van der Waals surface area contributed by atoms with Gasteiger partial charge in [0.05, 0.1) is 22.1 Å². The van der Waals surface area contributed by atoms with Gasteiger partial charge < -0.3 is 0 Å². The lowest BCUT2D eigenvalue weighted by Crippen LogP contribution is -2.25. The third-order valence-electron chi connectivity index (χ3n) is 11.2. The Morgan fingerprint density at radius 1 is 0.333 bits per heavy atom. The highest BCUT2D eigenvalue weighted by atomic mass is 14.8. The van der Waals surface area contributed by atoms with Crippen LogP contribution in [0.5, 0.6) is 0 Å². The minimum Gasteiger partial charge on any atom is -0.254 e. The third-order valence-corrected chi connectivity index (χ3v) is 11.2. The second kappa shape index (κ2) is 10.7. The van der Waals surface area contributed by atoms with Crippen molar-refractivity contribution in [3.05, 3.63) is 204 Å². The zero-order chi connectivity index (χ0) is 33.5. The summed E-state index contributed by atoms with van der Waals surface area (Å²) >= 11 is 0. The van der Waals surface area contributed by atoms with Crippen LogP contribution in [0.4, 0.5) is 0 Å². The minimum atomic E-state index is -0.410. The fraction of sp³-hybridized carbons (Fsp3) is 0.0204. The van der Waals surface area contributed by atoms with Crippen LogP contribution in [0.3, 0.4) is 0 Å². The average Bonchev–Trinajstić information content (AvgIpc) is 3.68. The lowest BCUT2D eigenvalue weighted by Gasteiger charge is -2.30. The van der Waals surface area contributed by atoms with Crippen LogP contribution in [0.1, 0.15) is 22.3 Å². The molecule has 2 aliphatic carbocycles. The van der Waals surface area contributed by atoms with E-state index in [1.807, 2.05) is 6.20 Å². The Morgan fingerprint density at radius 2 is 0.843 bits per heavy atom. The zero-order valence-corrected chi connectivity index (χ0v) is 27.7. The van der Waals surface area contributed by atoms with Gasteiger partial charge in [0.15, 0.2) is 0 Å².